The molecule has 1 aromatic carbocycles. The molecule has 0 atom stereocenters. The van der Waals surface area contributed by atoms with E-state index in [4.69, 9.17) is 0 Å². The van der Waals surface area contributed by atoms with Crippen molar-refractivity contribution < 1.29 is 4.39 Å². The quantitative estimate of drug-likeness (QED) is 0.604. The van der Waals surface area contributed by atoms with Crippen molar-refractivity contribution in [1.29, 1.82) is 0 Å². The molecule has 0 unspecified atom stereocenters. The topological polar surface area (TPSA) is 0 Å². The minimum absolute atomic E-state index is 0.0741. The van der Waals surface area contributed by atoms with Crippen molar-refractivity contribution in [2.45, 2.75) is 61.8 Å². The third kappa shape index (κ3) is 4.34. The van der Waals surface area contributed by atoms with Crippen LogP contribution in [0.2, 0.25) is 0 Å². The van der Waals surface area contributed by atoms with E-state index in [0.717, 1.165) is 23.1 Å². The second-order valence-corrected chi connectivity index (χ2v) is 3.25. The Kier molecular flexibility index (Phi) is 10.3. The number of hydrogen-bond donors (Lipinski definition) is 0. The lowest BCUT2D eigenvalue weighted by Gasteiger charge is -2.10. The molecule has 0 spiro atoms. The summed E-state index contributed by atoms with van der Waals surface area (Å²) in [6.45, 7) is 15.9. The van der Waals surface area contributed by atoms with Crippen LogP contribution in [0.25, 0.3) is 0 Å². The van der Waals surface area contributed by atoms with Crippen molar-refractivity contribution in [3.63, 3.8) is 0 Å². The van der Waals surface area contributed by atoms with Crippen LogP contribution in [-0.4, -0.2) is 0 Å². The van der Waals surface area contributed by atoms with E-state index >= 15 is 0 Å². The maximum Gasteiger partial charge on any atom is 0.126 e. The first-order chi connectivity index (χ1) is 7.57. The summed E-state index contributed by atoms with van der Waals surface area (Å²) in [5.41, 5.74) is 4.23. The summed E-state index contributed by atoms with van der Waals surface area (Å²) in [5.74, 6) is -0.0741. The maximum absolute atomic E-state index is 13.2. The van der Waals surface area contributed by atoms with E-state index in [1.807, 2.05) is 41.5 Å². The van der Waals surface area contributed by atoms with Gasteiger partial charge in [0.15, 0.2) is 0 Å². The Morgan fingerprint density at radius 2 is 1.31 bits per heavy atom. The minimum Gasteiger partial charge on any atom is -0.207 e. The van der Waals surface area contributed by atoms with Crippen molar-refractivity contribution in [1.82, 2.24) is 0 Å². The van der Waals surface area contributed by atoms with E-state index < -0.39 is 0 Å². The zero-order chi connectivity index (χ0) is 13.3. The third-order valence-electron chi connectivity index (χ3n) is 2.65. The predicted molar refractivity (Wildman–Crippen MR) is 72.7 cm³/mol. The van der Waals surface area contributed by atoms with Crippen molar-refractivity contribution >= 4 is 0 Å². The van der Waals surface area contributed by atoms with Gasteiger partial charge in [-0.15, -0.1) is 0 Å². The minimum atomic E-state index is -0.0741. The average molecular weight is 226 g/mol. The molecule has 0 aromatic heterocycles. The molecule has 94 valence electrons. The van der Waals surface area contributed by atoms with E-state index in [1.165, 1.54) is 5.56 Å². The molecule has 1 heteroatoms. The highest BCUT2D eigenvalue weighted by Crippen LogP contribution is 2.20. The molecule has 0 nitrogen and oxygen atoms in total. The van der Waals surface area contributed by atoms with Crippen LogP contribution in [0.1, 0.15) is 56.9 Å². The Bertz CT molecular complexity index is 301. The average Bonchev–Trinajstić information content (AvgIpc) is 2.36. The first kappa shape index (κ1) is 17.5. The van der Waals surface area contributed by atoms with Gasteiger partial charge in [0.05, 0.1) is 0 Å². The van der Waals surface area contributed by atoms with Gasteiger partial charge in [-0.2, -0.15) is 0 Å². The molecule has 0 aliphatic rings. The molecule has 1 aromatic rings. The molecule has 0 heterocycles. The Morgan fingerprint density at radius 1 is 0.875 bits per heavy atom. The summed E-state index contributed by atoms with van der Waals surface area (Å²) in [6.07, 6.45) is 0.907. The van der Waals surface area contributed by atoms with Gasteiger partial charge < -0.3 is 0 Å². The number of rotatable bonds is 1. The molecule has 0 aliphatic carbocycles. The van der Waals surface area contributed by atoms with Crippen molar-refractivity contribution in [2.75, 3.05) is 0 Å². The van der Waals surface area contributed by atoms with Gasteiger partial charge in [0, 0.05) is 0 Å². The second-order valence-electron chi connectivity index (χ2n) is 3.25. The highest BCUT2D eigenvalue weighted by molar-refractivity contribution is 5.39. The van der Waals surface area contributed by atoms with Crippen LogP contribution in [0.15, 0.2) is 6.07 Å². The molecule has 0 saturated carbocycles. The first-order valence-electron chi connectivity index (χ1n) is 6.33. The first-order valence-corrected chi connectivity index (χ1v) is 6.33. The van der Waals surface area contributed by atoms with Crippen molar-refractivity contribution in [3.05, 3.63) is 34.1 Å². The molecule has 0 saturated heterocycles. The summed E-state index contributed by atoms with van der Waals surface area (Å²) >= 11 is 0. The molecule has 0 aliphatic heterocycles. The van der Waals surface area contributed by atoms with Crippen LogP contribution < -0.4 is 0 Å². The highest BCUT2D eigenvalue weighted by Gasteiger charge is 2.07. The normalized spacial score (nSPS) is 8.56. The Balaban J connectivity index is 0. The van der Waals surface area contributed by atoms with E-state index in [2.05, 4.69) is 13.8 Å². The second kappa shape index (κ2) is 9.38. The molecule has 0 amide bonds. The lowest BCUT2D eigenvalue weighted by atomic mass is 9.97. The van der Waals surface area contributed by atoms with Crippen LogP contribution in [0.4, 0.5) is 4.39 Å². The standard InChI is InChI=1S/C11H15F.2C2H6/c1-5-10-6-11(12)9(4)7(2)8(10)3;2*1-2/h6H,5H2,1-4H3;2*1-2H3. The fourth-order valence-electron chi connectivity index (χ4n) is 1.44. The summed E-state index contributed by atoms with van der Waals surface area (Å²) < 4.78 is 13.2. The summed E-state index contributed by atoms with van der Waals surface area (Å²) in [6, 6.07) is 1.65. The van der Waals surface area contributed by atoms with Gasteiger partial charge in [-0.05, 0) is 55.5 Å². The zero-order valence-electron chi connectivity index (χ0n) is 12.2. The lowest BCUT2D eigenvalue weighted by molar-refractivity contribution is 0.613. The largest absolute Gasteiger partial charge is 0.207 e. The van der Waals surface area contributed by atoms with Gasteiger partial charge in [-0.25, -0.2) is 4.39 Å². The van der Waals surface area contributed by atoms with Gasteiger partial charge in [0.25, 0.3) is 0 Å². The number of benzene rings is 1. The van der Waals surface area contributed by atoms with Crippen LogP contribution in [0.5, 0.6) is 0 Å². The SMILES string of the molecule is CC.CC.CCc1cc(F)c(C)c(C)c1C. The van der Waals surface area contributed by atoms with E-state index in [0.29, 0.717) is 0 Å². The maximum atomic E-state index is 13.2. The smallest absolute Gasteiger partial charge is 0.126 e. The molecule has 16 heavy (non-hydrogen) atoms. The number of hydrogen-bond acceptors (Lipinski definition) is 0. The van der Waals surface area contributed by atoms with Crippen molar-refractivity contribution in [3.8, 4) is 0 Å². The van der Waals surface area contributed by atoms with Gasteiger partial charge >= 0.3 is 0 Å². The highest BCUT2D eigenvalue weighted by atomic mass is 19.1. The van der Waals surface area contributed by atoms with Crippen LogP contribution >= 0.6 is 0 Å². The van der Waals surface area contributed by atoms with Gasteiger partial charge in [-0.1, -0.05) is 34.6 Å². The van der Waals surface area contributed by atoms with Gasteiger partial charge in [0.2, 0.25) is 0 Å². The third-order valence-corrected chi connectivity index (χ3v) is 2.65. The van der Waals surface area contributed by atoms with Gasteiger partial charge in [-0.3, -0.25) is 0 Å². The zero-order valence-corrected chi connectivity index (χ0v) is 12.2. The summed E-state index contributed by atoms with van der Waals surface area (Å²) in [4.78, 5) is 0. The van der Waals surface area contributed by atoms with Crippen LogP contribution in [0.3, 0.4) is 0 Å². The van der Waals surface area contributed by atoms with E-state index in [9.17, 15) is 4.39 Å². The molecule has 0 radical (unpaired) electrons. The molecular formula is C15H27F. The number of halogens is 1. The molecule has 0 N–H and O–H groups in total. The van der Waals surface area contributed by atoms with E-state index in [-0.39, 0.29) is 5.82 Å². The molecular weight excluding hydrogens is 199 g/mol. The molecule has 0 bridgehead atoms. The predicted octanol–water partition coefficient (Wildman–Crippen LogP) is 5.37. The van der Waals surface area contributed by atoms with Gasteiger partial charge in [0.1, 0.15) is 5.82 Å². The lowest BCUT2D eigenvalue weighted by Crippen LogP contribution is -1.96. The van der Waals surface area contributed by atoms with Crippen LogP contribution in [0, 0.1) is 26.6 Å². The van der Waals surface area contributed by atoms with Crippen molar-refractivity contribution in [2.24, 2.45) is 0 Å². The monoisotopic (exact) mass is 226 g/mol. The van der Waals surface area contributed by atoms with Crippen LogP contribution in [-0.2, 0) is 6.42 Å². The van der Waals surface area contributed by atoms with E-state index in [1.54, 1.807) is 6.07 Å². The fraction of sp³-hybridized carbons (Fsp3) is 0.600. The molecule has 0 fully saturated rings. The molecule has 1 rings (SSSR count). The summed E-state index contributed by atoms with van der Waals surface area (Å²) in [5, 5.41) is 0. The Hall–Kier alpha value is -0.850. The Morgan fingerprint density at radius 3 is 1.69 bits per heavy atom. The fourth-order valence-corrected chi connectivity index (χ4v) is 1.44. The summed E-state index contributed by atoms with van der Waals surface area (Å²) in [7, 11) is 0. The number of aryl methyl sites for hydroxylation is 1. The Labute approximate surface area is 101 Å².